The Morgan fingerprint density at radius 1 is 0.895 bits per heavy atom. The molecule has 0 aliphatic carbocycles. The maximum Gasteiger partial charge on any atom is 0.161 e. The molecular formula is C16H16O3. The number of phenols is 1. The van der Waals surface area contributed by atoms with Crippen molar-refractivity contribution in [3.05, 3.63) is 53.6 Å². The number of aromatic hydroxyl groups is 1. The highest BCUT2D eigenvalue weighted by Crippen LogP contribution is 2.34. The highest BCUT2D eigenvalue weighted by molar-refractivity contribution is 5.74. The Morgan fingerprint density at radius 2 is 1.58 bits per heavy atom. The van der Waals surface area contributed by atoms with Crippen LogP contribution >= 0.6 is 0 Å². The largest absolute Gasteiger partial charge is 0.504 e. The first-order chi connectivity index (χ1) is 9.24. The quantitative estimate of drug-likeness (QED) is 0.850. The molecule has 0 radical (unpaired) electrons. The molecule has 0 aromatic heterocycles. The Bertz CT molecular complexity index is 574. The molecule has 0 saturated heterocycles. The van der Waals surface area contributed by atoms with Crippen molar-refractivity contribution in [2.45, 2.75) is 0 Å². The van der Waals surface area contributed by atoms with Crippen LogP contribution in [0.15, 0.2) is 42.5 Å². The minimum atomic E-state index is 0.0659. The molecule has 0 aliphatic heterocycles. The molecule has 0 spiro atoms. The van der Waals surface area contributed by atoms with Gasteiger partial charge >= 0.3 is 0 Å². The first kappa shape index (κ1) is 13.0. The van der Waals surface area contributed by atoms with Gasteiger partial charge in [0.1, 0.15) is 5.75 Å². The summed E-state index contributed by atoms with van der Waals surface area (Å²) in [5, 5.41) is 9.70. The topological polar surface area (TPSA) is 38.7 Å². The average Bonchev–Trinajstić information content (AvgIpc) is 2.46. The van der Waals surface area contributed by atoms with Gasteiger partial charge in [-0.1, -0.05) is 42.5 Å². The molecular weight excluding hydrogens is 240 g/mol. The SMILES string of the molecule is COc1cc(C=Cc2ccccc2)c(OC)cc1O. The number of hydrogen-bond acceptors (Lipinski definition) is 3. The van der Waals surface area contributed by atoms with E-state index in [1.54, 1.807) is 19.2 Å². The zero-order chi connectivity index (χ0) is 13.7. The molecule has 0 saturated carbocycles. The summed E-state index contributed by atoms with van der Waals surface area (Å²) in [6.45, 7) is 0. The van der Waals surface area contributed by atoms with Crippen molar-refractivity contribution in [1.29, 1.82) is 0 Å². The maximum absolute atomic E-state index is 9.70. The van der Waals surface area contributed by atoms with Gasteiger partial charge in [-0.15, -0.1) is 0 Å². The Hall–Kier alpha value is -2.42. The number of phenolic OH excluding ortho intramolecular Hbond substituents is 1. The van der Waals surface area contributed by atoms with Crippen LogP contribution in [0.1, 0.15) is 11.1 Å². The Kier molecular flexibility index (Phi) is 4.08. The molecule has 3 heteroatoms. The van der Waals surface area contributed by atoms with Gasteiger partial charge in [0, 0.05) is 11.6 Å². The predicted molar refractivity (Wildman–Crippen MR) is 76.6 cm³/mol. The van der Waals surface area contributed by atoms with Gasteiger partial charge in [0.2, 0.25) is 0 Å². The number of methoxy groups -OCH3 is 2. The van der Waals surface area contributed by atoms with Gasteiger partial charge in [-0.2, -0.15) is 0 Å². The van der Waals surface area contributed by atoms with Crippen molar-refractivity contribution >= 4 is 12.2 Å². The standard InChI is InChI=1S/C16H16O3/c1-18-15-11-14(17)16(19-2)10-13(15)9-8-12-6-4-3-5-7-12/h3-11,17H,1-2H3. The van der Waals surface area contributed by atoms with Gasteiger partial charge in [0.15, 0.2) is 11.5 Å². The Balaban J connectivity index is 2.36. The zero-order valence-electron chi connectivity index (χ0n) is 11.0. The summed E-state index contributed by atoms with van der Waals surface area (Å²) in [5.41, 5.74) is 1.94. The Labute approximate surface area is 112 Å². The molecule has 0 amide bonds. The van der Waals surface area contributed by atoms with Gasteiger partial charge in [-0.25, -0.2) is 0 Å². The fourth-order valence-corrected chi connectivity index (χ4v) is 1.79. The molecule has 0 unspecified atom stereocenters. The lowest BCUT2D eigenvalue weighted by Gasteiger charge is -2.09. The molecule has 3 nitrogen and oxygen atoms in total. The summed E-state index contributed by atoms with van der Waals surface area (Å²) >= 11 is 0. The molecule has 0 aliphatic rings. The first-order valence-electron chi connectivity index (χ1n) is 5.92. The van der Waals surface area contributed by atoms with Gasteiger partial charge in [-0.3, -0.25) is 0 Å². The summed E-state index contributed by atoms with van der Waals surface area (Å²) in [4.78, 5) is 0. The zero-order valence-corrected chi connectivity index (χ0v) is 11.0. The second-order valence-electron chi connectivity index (χ2n) is 4.01. The van der Waals surface area contributed by atoms with E-state index in [-0.39, 0.29) is 5.75 Å². The molecule has 2 aromatic carbocycles. The van der Waals surface area contributed by atoms with Crippen LogP contribution in [0, 0.1) is 0 Å². The number of hydrogen-bond donors (Lipinski definition) is 1. The molecule has 0 atom stereocenters. The molecule has 1 N–H and O–H groups in total. The smallest absolute Gasteiger partial charge is 0.161 e. The molecule has 98 valence electrons. The molecule has 0 bridgehead atoms. The van der Waals surface area contributed by atoms with Gasteiger partial charge < -0.3 is 14.6 Å². The second kappa shape index (κ2) is 5.96. The van der Waals surface area contributed by atoms with Crippen molar-refractivity contribution in [3.8, 4) is 17.2 Å². The maximum atomic E-state index is 9.70. The van der Waals surface area contributed by atoms with Crippen LogP contribution in [0.4, 0.5) is 0 Å². The number of benzene rings is 2. The van der Waals surface area contributed by atoms with Crippen LogP contribution in [0.25, 0.3) is 12.2 Å². The number of ether oxygens (including phenoxy) is 2. The molecule has 2 aromatic rings. The van der Waals surface area contributed by atoms with Crippen LogP contribution in [-0.4, -0.2) is 19.3 Å². The fraction of sp³-hybridized carbons (Fsp3) is 0.125. The first-order valence-corrected chi connectivity index (χ1v) is 5.92. The highest BCUT2D eigenvalue weighted by atomic mass is 16.5. The van der Waals surface area contributed by atoms with Gasteiger partial charge in [0.05, 0.1) is 14.2 Å². The van der Waals surface area contributed by atoms with E-state index in [0.717, 1.165) is 11.1 Å². The van der Waals surface area contributed by atoms with Gasteiger partial charge in [0.25, 0.3) is 0 Å². The summed E-state index contributed by atoms with van der Waals surface area (Å²) < 4.78 is 10.3. The van der Waals surface area contributed by atoms with E-state index in [0.29, 0.717) is 11.5 Å². The summed E-state index contributed by atoms with van der Waals surface area (Å²) in [6, 6.07) is 13.3. The van der Waals surface area contributed by atoms with E-state index in [1.165, 1.54) is 7.11 Å². The minimum absolute atomic E-state index is 0.0659. The fourth-order valence-electron chi connectivity index (χ4n) is 1.79. The average molecular weight is 256 g/mol. The summed E-state index contributed by atoms with van der Waals surface area (Å²) in [7, 11) is 3.09. The van der Waals surface area contributed by atoms with E-state index in [9.17, 15) is 5.11 Å². The van der Waals surface area contributed by atoms with Crippen LogP contribution < -0.4 is 9.47 Å². The number of rotatable bonds is 4. The van der Waals surface area contributed by atoms with Crippen molar-refractivity contribution in [1.82, 2.24) is 0 Å². The van der Waals surface area contributed by atoms with Crippen molar-refractivity contribution in [3.63, 3.8) is 0 Å². The molecule has 19 heavy (non-hydrogen) atoms. The highest BCUT2D eigenvalue weighted by Gasteiger charge is 2.08. The summed E-state index contributed by atoms with van der Waals surface area (Å²) in [6.07, 6.45) is 3.91. The van der Waals surface area contributed by atoms with Crippen LogP contribution in [0.3, 0.4) is 0 Å². The van der Waals surface area contributed by atoms with E-state index in [2.05, 4.69) is 0 Å². The van der Waals surface area contributed by atoms with E-state index < -0.39 is 0 Å². The van der Waals surface area contributed by atoms with E-state index in [4.69, 9.17) is 9.47 Å². The lowest BCUT2D eigenvalue weighted by molar-refractivity contribution is 0.365. The normalized spacial score (nSPS) is 10.6. The second-order valence-corrected chi connectivity index (χ2v) is 4.01. The molecule has 2 rings (SSSR count). The Morgan fingerprint density at radius 3 is 2.21 bits per heavy atom. The lowest BCUT2D eigenvalue weighted by atomic mass is 10.1. The lowest BCUT2D eigenvalue weighted by Crippen LogP contribution is -1.90. The summed E-state index contributed by atoms with van der Waals surface area (Å²) in [5.74, 6) is 1.09. The van der Waals surface area contributed by atoms with E-state index in [1.807, 2.05) is 42.5 Å². The molecule has 0 fully saturated rings. The molecule has 0 heterocycles. The van der Waals surface area contributed by atoms with Crippen LogP contribution in [-0.2, 0) is 0 Å². The third kappa shape index (κ3) is 3.07. The third-order valence-electron chi connectivity index (χ3n) is 2.79. The third-order valence-corrected chi connectivity index (χ3v) is 2.79. The van der Waals surface area contributed by atoms with E-state index >= 15 is 0 Å². The van der Waals surface area contributed by atoms with Crippen molar-refractivity contribution in [2.24, 2.45) is 0 Å². The van der Waals surface area contributed by atoms with Crippen molar-refractivity contribution < 1.29 is 14.6 Å². The van der Waals surface area contributed by atoms with Crippen LogP contribution in [0.2, 0.25) is 0 Å². The van der Waals surface area contributed by atoms with Crippen LogP contribution in [0.5, 0.6) is 17.2 Å². The predicted octanol–water partition coefficient (Wildman–Crippen LogP) is 3.58. The monoisotopic (exact) mass is 256 g/mol. The van der Waals surface area contributed by atoms with Crippen molar-refractivity contribution in [2.75, 3.05) is 14.2 Å². The van der Waals surface area contributed by atoms with Gasteiger partial charge in [-0.05, 0) is 11.6 Å². The minimum Gasteiger partial charge on any atom is -0.504 e.